The first-order valence-electron chi connectivity index (χ1n) is 9.39. The minimum Gasteiger partial charge on any atom is -0.298 e. The highest BCUT2D eigenvalue weighted by molar-refractivity contribution is 6.20. The van der Waals surface area contributed by atoms with E-state index in [0.717, 1.165) is 0 Å². The molecule has 0 N–H and O–H groups in total. The molecule has 6 heteroatoms. The van der Waals surface area contributed by atoms with Gasteiger partial charge in [-0.2, -0.15) is 5.26 Å². The lowest BCUT2D eigenvalue weighted by atomic mass is 9.75. The second-order valence-electron chi connectivity index (χ2n) is 7.21. The number of hydrogen-bond acceptors (Lipinski definition) is 4. The van der Waals surface area contributed by atoms with Crippen molar-refractivity contribution in [1.82, 2.24) is 0 Å². The van der Waals surface area contributed by atoms with Crippen molar-refractivity contribution in [2.24, 2.45) is 5.92 Å². The quantitative estimate of drug-likeness (QED) is 0.685. The number of Topliss-reactive ketones (excluding diaryl/α,β-unsaturated/α-hetero) is 3. The molecule has 2 atom stereocenters. The van der Waals surface area contributed by atoms with E-state index in [2.05, 4.69) is 6.07 Å². The number of hydrogen-bond donors (Lipinski definition) is 0. The van der Waals surface area contributed by atoms with Gasteiger partial charge >= 0.3 is 0 Å². The van der Waals surface area contributed by atoms with Crippen molar-refractivity contribution in [2.45, 2.75) is 37.5 Å². The summed E-state index contributed by atoms with van der Waals surface area (Å²) in [6, 6.07) is 13.0. The Balaban J connectivity index is 1.98. The van der Waals surface area contributed by atoms with E-state index in [-0.39, 0.29) is 19.3 Å². The van der Waals surface area contributed by atoms with Crippen LogP contribution >= 0.6 is 0 Å². The zero-order valence-corrected chi connectivity index (χ0v) is 15.6. The molecule has 2 aromatic rings. The van der Waals surface area contributed by atoms with Crippen LogP contribution in [-0.2, 0) is 14.4 Å². The fourth-order valence-corrected chi connectivity index (χ4v) is 3.83. The molecule has 0 aromatic heterocycles. The lowest BCUT2D eigenvalue weighted by Crippen LogP contribution is -2.36. The van der Waals surface area contributed by atoms with Crippen molar-refractivity contribution < 1.29 is 23.2 Å². The normalized spacial score (nSPS) is 16.9. The summed E-state index contributed by atoms with van der Waals surface area (Å²) in [5.41, 5.74) is 0.877. The van der Waals surface area contributed by atoms with Gasteiger partial charge in [0.2, 0.25) is 0 Å². The van der Waals surface area contributed by atoms with Crippen molar-refractivity contribution in [3.05, 3.63) is 71.3 Å². The number of rotatable bonds is 6. The summed E-state index contributed by atoms with van der Waals surface area (Å²) in [5.74, 6) is -5.32. The monoisotopic (exact) mass is 395 g/mol. The summed E-state index contributed by atoms with van der Waals surface area (Å²) in [5, 5.41) is 9.79. The molecule has 2 unspecified atom stereocenters. The highest BCUT2D eigenvalue weighted by Gasteiger charge is 2.38. The molecule has 0 heterocycles. The van der Waals surface area contributed by atoms with E-state index >= 15 is 0 Å². The molecule has 0 saturated heterocycles. The minimum atomic E-state index is -1.31. The van der Waals surface area contributed by atoms with E-state index < -0.39 is 46.7 Å². The minimum absolute atomic E-state index is 0.176. The number of nitrogens with zero attached hydrogens (tertiary/aromatic N) is 1. The third-order valence-electron chi connectivity index (χ3n) is 5.28. The highest BCUT2D eigenvalue weighted by atomic mass is 19.1. The molecule has 0 spiro atoms. The van der Waals surface area contributed by atoms with Crippen LogP contribution in [0.15, 0.2) is 48.5 Å². The van der Waals surface area contributed by atoms with Crippen LogP contribution in [0.25, 0.3) is 0 Å². The highest BCUT2D eigenvalue weighted by Crippen LogP contribution is 2.37. The number of halogens is 2. The van der Waals surface area contributed by atoms with Gasteiger partial charge in [-0.15, -0.1) is 0 Å². The van der Waals surface area contributed by atoms with Crippen molar-refractivity contribution in [1.29, 1.82) is 5.26 Å². The maximum absolute atomic E-state index is 13.7. The number of nitriles is 1. The lowest BCUT2D eigenvalue weighted by Gasteiger charge is -2.25. The summed E-state index contributed by atoms with van der Waals surface area (Å²) in [4.78, 5) is 37.2. The average Bonchev–Trinajstić information content (AvgIpc) is 2.68. The standard InChI is InChI=1S/C23H19F2NO3/c24-16-9-7-14(8-10-16)18(19(13-26)15-3-1-4-17(25)11-15)12-22(29)23-20(27)5-2-6-21(23)28/h1,3-4,7-11,18-19,23H,2,5-6,12H2. The van der Waals surface area contributed by atoms with Gasteiger partial charge < -0.3 is 0 Å². The van der Waals surface area contributed by atoms with Crippen molar-refractivity contribution in [3.8, 4) is 6.07 Å². The summed E-state index contributed by atoms with van der Waals surface area (Å²) in [6.45, 7) is 0. The Bertz CT molecular complexity index is 962. The first-order chi connectivity index (χ1) is 13.9. The summed E-state index contributed by atoms with van der Waals surface area (Å²) < 4.78 is 27.1. The van der Waals surface area contributed by atoms with Gasteiger partial charge in [0, 0.05) is 25.2 Å². The second kappa shape index (κ2) is 8.87. The maximum Gasteiger partial charge on any atom is 0.151 e. The van der Waals surface area contributed by atoms with Crippen LogP contribution in [0.4, 0.5) is 8.78 Å². The van der Waals surface area contributed by atoms with Gasteiger partial charge in [-0.25, -0.2) is 8.78 Å². The largest absolute Gasteiger partial charge is 0.298 e. The number of carbonyl (C=O) groups excluding carboxylic acids is 3. The molecule has 0 radical (unpaired) electrons. The fraction of sp³-hybridized carbons (Fsp3) is 0.304. The molecule has 0 bridgehead atoms. The molecular formula is C23H19F2NO3. The van der Waals surface area contributed by atoms with E-state index in [1.165, 1.54) is 42.5 Å². The van der Waals surface area contributed by atoms with Crippen LogP contribution in [0, 0.1) is 28.9 Å². The molecule has 2 aromatic carbocycles. The summed E-state index contributed by atoms with van der Waals surface area (Å²) >= 11 is 0. The molecule has 3 rings (SSSR count). The van der Waals surface area contributed by atoms with Gasteiger partial charge in [0.05, 0.1) is 12.0 Å². The van der Waals surface area contributed by atoms with E-state index in [1.807, 2.05) is 0 Å². The summed E-state index contributed by atoms with van der Waals surface area (Å²) in [7, 11) is 0. The van der Waals surface area contributed by atoms with Gasteiger partial charge in [0.25, 0.3) is 0 Å². The van der Waals surface area contributed by atoms with Crippen molar-refractivity contribution >= 4 is 17.3 Å². The smallest absolute Gasteiger partial charge is 0.151 e. The lowest BCUT2D eigenvalue weighted by molar-refractivity contribution is -0.142. The van der Waals surface area contributed by atoms with Crippen LogP contribution in [-0.4, -0.2) is 17.3 Å². The van der Waals surface area contributed by atoms with Gasteiger partial charge in [-0.1, -0.05) is 24.3 Å². The van der Waals surface area contributed by atoms with Gasteiger partial charge in [-0.05, 0) is 41.8 Å². The average molecular weight is 395 g/mol. The van der Waals surface area contributed by atoms with Crippen LogP contribution in [0.3, 0.4) is 0 Å². The van der Waals surface area contributed by atoms with E-state index in [4.69, 9.17) is 0 Å². The Morgan fingerprint density at radius 3 is 2.24 bits per heavy atom. The van der Waals surface area contributed by atoms with Crippen LogP contribution in [0.2, 0.25) is 0 Å². The molecule has 1 aliphatic rings. The topological polar surface area (TPSA) is 75.0 Å². The van der Waals surface area contributed by atoms with Gasteiger partial charge in [0.1, 0.15) is 17.6 Å². The van der Waals surface area contributed by atoms with E-state index in [1.54, 1.807) is 6.07 Å². The predicted molar refractivity (Wildman–Crippen MR) is 101 cm³/mol. The first kappa shape index (κ1) is 20.5. The van der Waals surface area contributed by atoms with Crippen molar-refractivity contribution in [3.63, 3.8) is 0 Å². The van der Waals surface area contributed by atoms with Gasteiger partial charge in [-0.3, -0.25) is 14.4 Å². The van der Waals surface area contributed by atoms with Crippen LogP contribution < -0.4 is 0 Å². The molecule has 0 aliphatic heterocycles. The number of carbonyl (C=O) groups is 3. The van der Waals surface area contributed by atoms with E-state index in [0.29, 0.717) is 17.5 Å². The van der Waals surface area contributed by atoms with Crippen LogP contribution in [0.1, 0.15) is 48.6 Å². The molecule has 1 fully saturated rings. The van der Waals surface area contributed by atoms with Crippen LogP contribution in [0.5, 0.6) is 0 Å². The number of benzene rings is 2. The Morgan fingerprint density at radius 1 is 1.00 bits per heavy atom. The second-order valence-corrected chi connectivity index (χ2v) is 7.21. The van der Waals surface area contributed by atoms with Gasteiger partial charge in [0.15, 0.2) is 17.3 Å². The van der Waals surface area contributed by atoms with Crippen molar-refractivity contribution in [2.75, 3.05) is 0 Å². The zero-order valence-electron chi connectivity index (χ0n) is 15.6. The zero-order chi connectivity index (χ0) is 21.0. The Kier molecular flexibility index (Phi) is 6.28. The fourth-order valence-electron chi connectivity index (χ4n) is 3.83. The van der Waals surface area contributed by atoms with E-state index in [9.17, 15) is 28.4 Å². The first-order valence-corrected chi connectivity index (χ1v) is 9.39. The Hall–Kier alpha value is -3.20. The SMILES string of the molecule is N#CC(c1cccc(F)c1)C(CC(=O)C1C(=O)CCCC1=O)c1ccc(F)cc1. The molecule has 4 nitrogen and oxygen atoms in total. The molecule has 0 amide bonds. The molecule has 148 valence electrons. The Morgan fingerprint density at radius 2 is 1.66 bits per heavy atom. The third-order valence-corrected chi connectivity index (χ3v) is 5.28. The third kappa shape index (κ3) is 4.62. The Labute approximate surface area is 167 Å². The molecular weight excluding hydrogens is 376 g/mol. The number of ketones is 3. The molecule has 1 aliphatic carbocycles. The predicted octanol–water partition coefficient (Wildman–Crippen LogP) is 4.25. The molecule has 1 saturated carbocycles. The summed E-state index contributed by atoms with van der Waals surface area (Å²) in [6.07, 6.45) is 0.541. The molecule has 29 heavy (non-hydrogen) atoms. The maximum atomic E-state index is 13.7.